The zero-order valence-electron chi connectivity index (χ0n) is 9.16. The number of nitrogens with two attached hydrogens (primary N) is 1. The summed E-state index contributed by atoms with van der Waals surface area (Å²) in [6, 6.07) is 0.203. The molecule has 0 bridgehead atoms. The summed E-state index contributed by atoms with van der Waals surface area (Å²) in [5.41, 5.74) is 5.74. The van der Waals surface area contributed by atoms with Crippen LogP contribution in [0.3, 0.4) is 0 Å². The molecule has 3 atom stereocenters. The summed E-state index contributed by atoms with van der Waals surface area (Å²) in [6.07, 6.45) is 4.73. The molecule has 82 valence electrons. The highest BCUT2D eigenvalue weighted by molar-refractivity contribution is 5.73. The lowest BCUT2D eigenvalue weighted by Gasteiger charge is -2.15. The number of ether oxygens (including phenoxy) is 1. The first-order valence-corrected chi connectivity index (χ1v) is 5.59. The highest BCUT2D eigenvalue weighted by atomic mass is 16.5. The van der Waals surface area contributed by atoms with Gasteiger partial charge in [-0.3, -0.25) is 4.79 Å². The van der Waals surface area contributed by atoms with Crippen molar-refractivity contribution in [1.29, 1.82) is 0 Å². The van der Waals surface area contributed by atoms with E-state index >= 15 is 0 Å². The van der Waals surface area contributed by atoms with Gasteiger partial charge in [0, 0.05) is 6.04 Å². The molecule has 1 aliphatic carbocycles. The van der Waals surface area contributed by atoms with Crippen LogP contribution in [-0.4, -0.2) is 18.1 Å². The Hall–Kier alpha value is -0.570. The Morgan fingerprint density at radius 3 is 2.79 bits per heavy atom. The molecule has 14 heavy (non-hydrogen) atoms. The van der Waals surface area contributed by atoms with Crippen LogP contribution in [0.1, 0.15) is 46.0 Å². The third-order valence-electron chi connectivity index (χ3n) is 2.82. The number of esters is 1. The van der Waals surface area contributed by atoms with E-state index in [0.29, 0.717) is 0 Å². The summed E-state index contributed by atoms with van der Waals surface area (Å²) < 4.78 is 5.33. The van der Waals surface area contributed by atoms with E-state index in [2.05, 4.69) is 6.92 Å². The first kappa shape index (κ1) is 11.5. The summed E-state index contributed by atoms with van der Waals surface area (Å²) in [4.78, 5) is 11.6. The molecule has 1 saturated carbocycles. The summed E-state index contributed by atoms with van der Waals surface area (Å²) >= 11 is 0. The van der Waals surface area contributed by atoms with Crippen LogP contribution in [0.4, 0.5) is 0 Å². The lowest BCUT2D eigenvalue weighted by molar-refractivity contribution is -0.153. The van der Waals surface area contributed by atoms with Crippen LogP contribution in [0.15, 0.2) is 0 Å². The molecule has 1 fully saturated rings. The van der Waals surface area contributed by atoms with Gasteiger partial charge in [-0.1, -0.05) is 13.3 Å². The Kier molecular flexibility index (Phi) is 4.39. The van der Waals surface area contributed by atoms with E-state index in [1.54, 1.807) is 0 Å². The first-order chi connectivity index (χ1) is 6.63. The molecule has 3 nitrogen and oxygen atoms in total. The zero-order chi connectivity index (χ0) is 10.6. The number of rotatable bonds is 4. The minimum Gasteiger partial charge on any atom is -0.462 e. The maximum Gasteiger partial charge on any atom is 0.309 e. The van der Waals surface area contributed by atoms with Gasteiger partial charge in [0.15, 0.2) is 0 Å². The summed E-state index contributed by atoms with van der Waals surface area (Å²) in [7, 11) is 0. The Balaban J connectivity index is 2.27. The highest BCUT2D eigenvalue weighted by Crippen LogP contribution is 2.25. The Labute approximate surface area is 86.0 Å². The smallest absolute Gasteiger partial charge is 0.309 e. The number of carbonyl (C=O) groups is 1. The van der Waals surface area contributed by atoms with E-state index in [0.717, 1.165) is 32.1 Å². The van der Waals surface area contributed by atoms with E-state index < -0.39 is 0 Å². The summed E-state index contributed by atoms with van der Waals surface area (Å²) in [6.45, 7) is 4.05. The largest absolute Gasteiger partial charge is 0.462 e. The predicted octanol–water partition coefficient (Wildman–Crippen LogP) is 1.85. The fraction of sp³-hybridized carbons (Fsp3) is 0.909. The van der Waals surface area contributed by atoms with E-state index in [4.69, 9.17) is 10.5 Å². The van der Waals surface area contributed by atoms with Gasteiger partial charge in [0.05, 0.1) is 12.0 Å². The first-order valence-electron chi connectivity index (χ1n) is 5.59. The number of hydrogen-bond acceptors (Lipinski definition) is 3. The molecule has 0 aromatic heterocycles. The second-order valence-corrected chi connectivity index (χ2v) is 4.31. The molecule has 0 saturated heterocycles. The van der Waals surface area contributed by atoms with Gasteiger partial charge >= 0.3 is 5.97 Å². The molecule has 0 heterocycles. The second kappa shape index (κ2) is 5.35. The second-order valence-electron chi connectivity index (χ2n) is 4.31. The van der Waals surface area contributed by atoms with Crippen molar-refractivity contribution in [2.75, 3.05) is 0 Å². The Morgan fingerprint density at radius 1 is 1.57 bits per heavy atom. The van der Waals surface area contributed by atoms with Crippen molar-refractivity contribution < 1.29 is 9.53 Å². The number of hydrogen-bond donors (Lipinski definition) is 1. The third-order valence-corrected chi connectivity index (χ3v) is 2.82. The zero-order valence-corrected chi connectivity index (χ0v) is 9.16. The van der Waals surface area contributed by atoms with Gasteiger partial charge in [0.2, 0.25) is 0 Å². The molecule has 1 aliphatic rings. The molecule has 1 rings (SSSR count). The van der Waals surface area contributed by atoms with Crippen LogP contribution in [0, 0.1) is 5.92 Å². The predicted molar refractivity (Wildman–Crippen MR) is 55.8 cm³/mol. The normalized spacial score (nSPS) is 28.8. The third kappa shape index (κ3) is 3.29. The molecule has 3 unspecified atom stereocenters. The molecular formula is C11H21NO2. The SMILES string of the molecule is CCCC(C)OC(=O)C1CCC(N)C1. The van der Waals surface area contributed by atoms with Crippen LogP contribution in [0.25, 0.3) is 0 Å². The van der Waals surface area contributed by atoms with Gasteiger partial charge in [0.1, 0.15) is 0 Å². The fourth-order valence-corrected chi connectivity index (χ4v) is 1.99. The van der Waals surface area contributed by atoms with Gasteiger partial charge in [-0.05, 0) is 32.6 Å². The molecule has 0 spiro atoms. The lowest BCUT2D eigenvalue weighted by Crippen LogP contribution is -2.23. The summed E-state index contributed by atoms with van der Waals surface area (Å²) in [5.74, 6) is 0.0169. The highest BCUT2D eigenvalue weighted by Gasteiger charge is 2.29. The van der Waals surface area contributed by atoms with E-state index in [9.17, 15) is 4.79 Å². The van der Waals surface area contributed by atoms with Crippen LogP contribution in [0.2, 0.25) is 0 Å². The monoisotopic (exact) mass is 199 g/mol. The van der Waals surface area contributed by atoms with Crippen molar-refractivity contribution in [2.45, 2.75) is 58.1 Å². The molecule has 0 amide bonds. The standard InChI is InChI=1S/C11H21NO2/c1-3-4-8(2)14-11(13)9-5-6-10(12)7-9/h8-10H,3-7,12H2,1-2H3. The quantitative estimate of drug-likeness (QED) is 0.703. The maximum atomic E-state index is 11.6. The lowest BCUT2D eigenvalue weighted by atomic mass is 10.1. The molecular weight excluding hydrogens is 178 g/mol. The Bertz CT molecular complexity index is 194. The Morgan fingerprint density at radius 2 is 2.29 bits per heavy atom. The van der Waals surface area contributed by atoms with Crippen LogP contribution >= 0.6 is 0 Å². The van der Waals surface area contributed by atoms with Gasteiger partial charge in [-0.2, -0.15) is 0 Å². The van der Waals surface area contributed by atoms with E-state index in [1.807, 2.05) is 6.92 Å². The van der Waals surface area contributed by atoms with Crippen molar-refractivity contribution in [3.05, 3.63) is 0 Å². The molecule has 0 radical (unpaired) electrons. The average molecular weight is 199 g/mol. The van der Waals surface area contributed by atoms with Gasteiger partial charge in [-0.15, -0.1) is 0 Å². The van der Waals surface area contributed by atoms with Crippen LogP contribution < -0.4 is 5.73 Å². The van der Waals surface area contributed by atoms with E-state index in [-0.39, 0.29) is 24.0 Å². The van der Waals surface area contributed by atoms with Crippen LogP contribution in [0.5, 0.6) is 0 Å². The molecule has 0 aromatic carbocycles. The maximum absolute atomic E-state index is 11.6. The minimum absolute atomic E-state index is 0.0427. The molecule has 0 aromatic rings. The molecule has 0 aliphatic heterocycles. The van der Waals surface area contributed by atoms with Crippen molar-refractivity contribution >= 4 is 5.97 Å². The van der Waals surface area contributed by atoms with E-state index in [1.165, 1.54) is 0 Å². The van der Waals surface area contributed by atoms with Gasteiger partial charge < -0.3 is 10.5 Å². The topological polar surface area (TPSA) is 52.3 Å². The number of carbonyl (C=O) groups excluding carboxylic acids is 1. The van der Waals surface area contributed by atoms with Crippen molar-refractivity contribution in [1.82, 2.24) is 0 Å². The molecule has 3 heteroatoms. The molecule has 2 N–H and O–H groups in total. The van der Waals surface area contributed by atoms with Crippen molar-refractivity contribution in [2.24, 2.45) is 11.7 Å². The van der Waals surface area contributed by atoms with Crippen molar-refractivity contribution in [3.8, 4) is 0 Å². The van der Waals surface area contributed by atoms with Crippen LogP contribution in [-0.2, 0) is 9.53 Å². The fourth-order valence-electron chi connectivity index (χ4n) is 1.99. The van der Waals surface area contributed by atoms with Crippen molar-refractivity contribution in [3.63, 3.8) is 0 Å². The van der Waals surface area contributed by atoms with Gasteiger partial charge in [0.25, 0.3) is 0 Å². The average Bonchev–Trinajstić information content (AvgIpc) is 2.52. The minimum atomic E-state index is -0.0427. The summed E-state index contributed by atoms with van der Waals surface area (Å²) in [5, 5.41) is 0. The van der Waals surface area contributed by atoms with Gasteiger partial charge in [-0.25, -0.2) is 0 Å².